The molecule has 1 aromatic carbocycles. The molecule has 0 radical (unpaired) electrons. The fourth-order valence-corrected chi connectivity index (χ4v) is 2.79. The smallest absolute Gasteiger partial charge is 0.414 e. The maximum atomic E-state index is 12.1. The third-order valence-corrected chi connectivity index (χ3v) is 4.39. The SMILES string of the molecule is COc1ccc(CN2CCC(C(=O)NCC(C)C)CC2)cc1.O=C(O)C(=O)O. The van der Waals surface area contributed by atoms with Crippen molar-refractivity contribution in [3.05, 3.63) is 29.8 Å². The maximum Gasteiger partial charge on any atom is 0.414 e. The number of carbonyl (C=O) groups excluding carboxylic acids is 1. The minimum atomic E-state index is -1.82. The van der Waals surface area contributed by atoms with Crippen molar-refractivity contribution >= 4 is 17.8 Å². The van der Waals surface area contributed by atoms with Gasteiger partial charge in [0, 0.05) is 19.0 Å². The number of rotatable bonds is 6. The zero-order valence-electron chi connectivity index (χ0n) is 16.7. The van der Waals surface area contributed by atoms with E-state index in [1.807, 2.05) is 12.1 Å². The topological polar surface area (TPSA) is 116 Å². The van der Waals surface area contributed by atoms with Crippen LogP contribution in [0.2, 0.25) is 0 Å². The van der Waals surface area contributed by atoms with Gasteiger partial charge in [-0.05, 0) is 49.5 Å². The predicted octanol–water partition coefficient (Wildman–Crippen LogP) is 1.84. The second-order valence-electron chi connectivity index (χ2n) is 7.15. The molecule has 28 heavy (non-hydrogen) atoms. The van der Waals surface area contributed by atoms with Gasteiger partial charge in [-0.3, -0.25) is 9.69 Å². The van der Waals surface area contributed by atoms with E-state index >= 15 is 0 Å². The van der Waals surface area contributed by atoms with E-state index in [1.165, 1.54) is 5.56 Å². The Bertz CT molecular complexity index is 625. The number of carboxylic acids is 2. The number of hydrogen-bond acceptors (Lipinski definition) is 5. The highest BCUT2D eigenvalue weighted by Crippen LogP contribution is 2.20. The lowest BCUT2D eigenvalue weighted by atomic mass is 9.95. The predicted molar refractivity (Wildman–Crippen MR) is 104 cm³/mol. The van der Waals surface area contributed by atoms with Crippen molar-refractivity contribution in [3.63, 3.8) is 0 Å². The van der Waals surface area contributed by atoms with Gasteiger partial charge in [0.25, 0.3) is 0 Å². The van der Waals surface area contributed by atoms with E-state index in [1.54, 1.807) is 7.11 Å². The molecule has 1 aliphatic rings. The summed E-state index contributed by atoms with van der Waals surface area (Å²) >= 11 is 0. The van der Waals surface area contributed by atoms with Crippen molar-refractivity contribution in [2.75, 3.05) is 26.7 Å². The van der Waals surface area contributed by atoms with Gasteiger partial charge in [0.05, 0.1) is 7.11 Å². The number of hydrogen-bond donors (Lipinski definition) is 3. The molecule has 0 saturated carbocycles. The number of amides is 1. The summed E-state index contributed by atoms with van der Waals surface area (Å²) in [6, 6.07) is 8.23. The molecule has 0 atom stereocenters. The molecular formula is C20H30N2O6. The molecule has 3 N–H and O–H groups in total. The van der Waals surface area contributed by atoms with Crippen molar-refractivity contribution < 1.29 is 29.3 Å². The Labute approximate surface area is 165 Å². The summed E-state index contributed by atoms with van der Waals surface area (Å²) in [6.07, 6.45) is 1.92. The molecule has 1 aliphatic heterocycles. The molecule has 1 saturated heterocycles. The molecule has 8 heteroatoms. The minimum Gasteiger partial charge on any atom is -0.497 e. The number of nitrogens with one attached hydrogen (secondary N) is 1. The Hall–Kier alpha value is -2.61. The number of methoxy groups -OCH3 is 1. The van der Waals surface area contributed by atoms with Crippen molar-refractivity contribution in [1.29, 1.82) is 0 Å². The molecular weight excluding hydrogens is 364 g/mol. The van der Waals surface area contributed by atoms with Crippen LogP contribution in [0.3, 0.4) is 0 Å². The number of benzene rings is 1. The quantitative estimate of drug-likeness (QED) is 0.630. The van der Waals surface area contributed by atoms with Gasteiger partial charge >= 0.3 is 11.9 Å². The first-order chi connectivity index (χ1) is 13.2. The van der Waals surface area contributed by atoms with Gasteiger partial charge in [-0.2, -0.15) is 0 Å². The lowest BCUT2D eigenvalue weighted by Gasteiger charge is -2.31. The Morgan fingerprint density at radius 2 is 1.64 bits per heavy atom. The van der Waals surface area contributed by atoms with E-state index in [4.69, 9.17) is 24.5 Å². The number of carbonyl (C=O) groups is 3. The highest BCUT2D eigenvalue weighted by atomic mass is 16.5. The first-order valence-electron chi connectivity index (χ1n) is 9.32. The molecule has 1 amide bonds. The van der Waals surface area contributed by atoms with Gasteiger partial charge in [-0.15, -0.1) is 0 Å². The van der Waals surface area contributed by atoms with Crippen LogP contribution in [0.15, 0.2) is 24.3 Å². The van der Waals surface area contributed by atoms with E-state index in [2.05, 4.69) is 36.2 Å². The Balaban J connectivity index is 0.000000568. The summed E-state index contributed by atoms with van der Waals surface area (Å²) < 4.78 is 5.18. The molecule has 0 spiro atoms. The highest BCUT2D eigenvalue weighted by molar-refractivity contribution is 6.27. The van der Waals surface area contributed by atoms with Crippen LogP contribution in [0.25, 0.3) is 0 Å². The average molecular weight is 394 g/mol. The molecule has 1 fully saturated rings. The lowest BCUT2D eigenvalue weighted by Crippen LogP contribution is -2.41. The Morgan fingerprint density at radius 1 is 1.11 bits per heavy atom. The Kier molecular flexibility index (Phi) is 10.0. The molecule has 1 aromatic rings. The van der Waals surface area contributed by atoms with Crippen LogP contribution < -0.4 is 10.1 Å². The lowest BCUT2D eigenvalue weighted by molar-refractivity contribution is -0.159. The highest BCUT2D eigenvalue weighted by Gasteiger charge is 2.24. The van der Waals surface area contributed by atoms with Gasteiger partial charge in [-0.1, -0.05) is 26.0 Å². The van der Waals surface area contributed by atoms with Gasteiger partial charge in [0.1, 0.15) is 5.75 Å². The van der Waals surface area contributed by atoms with E-state index in [0.29, 0.717) is 5.92 Å². The van der Waals surface area contributed by atoms with Crippen molar-refractivity contribution in [1.82, 2.24) is 10.2 Å². The Morgan fingerprint density at radius 3 is 2.07 bits per heavy atom. The molecule has 0 aliphatic carbocycles. The van der Waals surface area contributed by atoms with Crippen LogP contribution in [0.5, 0.6) is 5.75 Å². The van der Waals surface area contributed by atoms with Crippen molar-refractivity contribution in [2.45, 2.75) is 33.2 Å². The molecule has 8 nitrogen and oxygen atoms in total. The van der Waals surface area contributed by atoms with E-state index in [0.717, 1.165) is 44.8 Å². The molecule has 156 valence electrons. The van der Waals surface area contributed by atoms with E-state index in [-0.39, 0.29) is 11.8 Å². The molecule has 0 unspecified atom stereocenters. The van der Waals surface area contributed by atoms with E-state index < -0.39 is 11.9 Å². The number of carboxylic acid groups (broad SMARTS) is 2. The number of piperidine rings is 1. The van der Waals surface area contributed by atoms with Crippen LogP contribution >= 0.6 is 0 Å². The number of likely N-dealkylation sites (tertiary alicyclic amines) is 1. The van der Waals surface area contributed by atoms with Crippen LogP contribution in [0, 0.1) is 11.8 Å². The zero-order valence-corrected chi connectivity index (χ0v) is 16.7. The first kappa shape index (κ1) is 23.4. The normalized spacial score (nSPS) is 14.7. The fourth-order valence-electron chi connectivity index (χ4n) is 2.79. The third kappa shape index (κ3) is 8.85. The summed E-state index contributed by atoms with van der Waals surface area (Å²) in [4.78, 5) is 32.7. The molecule has 0 aromatic heterocycles. The average Bonchev–Trinajstić information content (AvgIpc) is 2.67. The second-order valence-corrected chi connectivity index (χ2v) is 7.15. The van der Waals surface area contributed by atoms with Gasteiger partial charge < -0.3 is 20.3 Å². The van der Waals surface area contributed by atoms with Gasteiger partial charge in [-0.25, -0.2) is 9.59 Å². The molecule has 0 bridgehead atoms. The zero-order chi connectivity index (χ0) is 21.1. The van der Waals surface area contributed by atoms with Crippen molar-refractivity contribution in [2.24, 2.45) is 11.8 Å². The third-order valence-electron chi connectivity index (χ3n) is 4.39. The van der Waals surface area contributed by atoms with Gasteiger partial charge in [0.15, 0.2) is 0 Å². The summed E-state index contributed by atoms with van der Waals surface area (Å²) in [7, 11) is 1.68. The van der Waals surface area contributed by atoms with E-state index in [9.17, 15) is 4.79 Å². The van der Waals surface area contributed by atoms with Crippen LogP contribution in [0.1, 0.15) is 32.3 Å². The fraction of sp³-hybridized carbons (Fsp3) is 0.550. The number of aliphatic carboxylic acids is 2. The van der Waals surface area contributed by atoms with Crippen LogP contribution in [-0.4, -0.2) is 59.7 Å². The van der Waals surface area contributed by atoms with Crippen LogP contribution in [-0.2, 0) is 20.9 Å². The van der Waals surface area contributed by atoms with Gasteiger partial charge in [0.2, 0.25) is 5.91 Å². The summed E-state index contributed by atoms with van der Waals surface area (Å²) in [5, 5.41) is 17.8. The summed E-state index contributed by atoms with van der Waals surface area (Å²) in [5.74, 6) is -1.82. The maximum absolute atomic E-state index is 12.1. The van der Waals surface area contributed by atoms with Crippen LogP contribution in [0.4, 0.5) is 0 Å². The minimum absolute atomic E-state index is 0.186. The molecule has 1 heterocycles. The summed E-state index contributed by atoms with van der Waals surface area (Å²) in [5.41, 5.74) is 1.29. The summed E-state index contributed by atoms with van der Waals surface area (Å²) in [6.45, 7) is 7.96. The van der Waals surface area contributed by atoms with Crippen molar-refractivity contribution in [3.8, 4) is 5.75 Å². The monoisotopic (exact) mass is 394 g/mol. The molecule has 2 rings (SSSR count). The second kappa shape index (κ2) is 12.0. The standard InChI is InChI=1S/C18H28N2O2.C2H2O4/c1-14(2)12-19-18(21)16-8-10-20(11-9-16)13-15-4-6-17(22-3)7-5-15;3-1(4)2(5)6/h4-7,14,16H,8-13H2,1-3H3,(H,19,21);(H,3,4)(H,5,6). The largest absolute Gasteiger partial charge is 0.497 e. The number of ether oxygens (including phenoxy) is 1. The first-order valence-corrected chi connectivity index (χ1v) is 9.32. The number of nitrogens with zero attached hydrogens (tertiary/aromatic N) is 1.